The second kappa shape index (κ2) is 8.32. The molecule has 1 aromatic carbocycles. The third-order valence-electron chi connectivity index (χ3n) is 3.58. The largest absolute Gasteiger partial charge is 0.300 e. The highest BCUT2D eigenvalue weighted by Gasteiger charge is 2.27. The van der Waals surface area contributed by atoms with E-state index in [2.05, 4.69) is 53.6 Å². The molecule has 0 radical (unpaired) electrons. The van der Waals surface area contributed by atoms with E-state index >= 15 is 0 Å². The van der Waals surface area contributed by atoms with Crippen molar-refractivity contribution in [2.24, 2.45) is 5.41 Å². The minimum atomic E-state index is -0.626. The van der Waals surface area contributed by atoms with Gasteiger partial charge in [-0.2, -0.15) is 0 Å². The van der Waals surface area contributed by atoms with Crippen LogP contribution in [0, 0.1) is 5.41 Å². The topological polar surface area (TPSA) is 54.9 Å². The van der Waals surface area contributed by atoms with Crippen molar-refractivity contribution >= 4 is 45.7 Å². The number of carbonyl (C=O) groups excluding carboxylic acids is 1. The smallest absolute Gasteiger partial charge is 0.233 e. The molecular formula is C17H22ClN3OS2. The van der Waals surface area contributed by atoms with Crippen molar-refractivity contribution in [3.8, 4) is 0 Å². The number of halogens is 1. The van der Waals surface area contributed by atoms with E-state index in [1.807, 2.05) is 0 Å². The third-order valence-corrected chi connectivity index (χ3v) is 6.30. The zero-order valence-electron chi connectivity index (χ0n) is 14.3. The molecule has 1 aromatic heterocycles. The maximum absolute atomic E-state index is 12.1. The Labute approximate surface area is 156 Å². The van der Waals surface area contributed by atoms with E-state index in [0.717, 1.165) is 10.1 Å². The van der Waals surface area contributed by atoms with Crippen LogP contribution in [-0.4, -0.2) is 22.0 Å². The van der Waals surface area contributed by atoms with Crippen molar-refractivity contribution in [3.63, 3.8) is 0 Å². The van der Waals surface area contributed by atoms with Gasteiger partial charge in [-0.15, -0.1) is 21.8 Å². The van der Waals surface area contributed by atoms with Crippen LogP contribution in [0.1, 0.15) is 44.7 Å². The summed E-state index contributed by atoms with van der Waals surface area (Å²) in [6.45, 7) is 7.97. The van der Waals surface area contributed by atoms with Crippen LogP contribution in [-0.2, 0) is 10.5 Å². The molecule has 0 saturated heterocycles. The molecule has 0 fully saturated rings. The summed E-state index contributed by atoms with van der Waals surface area (Å²) >= 11 is 8.81. The molecule has 130 valence electrons. The molecule has 24 heavy (non-hydrogen) atoms. The van der Waals surface area contributed by atoms with Gasteiger partial charge >= 0.3 is 0 Å². The minimum absolute atomic E-state index is 0.144. The molecule has 0 unspecified atom stereocenters. The quantitative estimate of drug-likeness (QED) is 0.407. The molecule has 1 N–H and O–H groups in total. The second-order valence-corrected chi connectivity index (χ2v) is 9.00. The summed E-state index contributed by atoms with van der Waals surface area (Å²) in [5.74, 6) is 1.48. The lowest BCUT2D eigenvalue weighted by molar-refractivity contribution is -0.122. The monoisotopic (exact) mass is 383 g/mol. The van der Waals surface area contributed by atoms with Crippen LogP contribution in [0.5, 0.6) is 0 Å². The number of nitrogens with one attached hydrogen (secondary N) is 1. The number of aromatic nitrogens is 2. The number of anilines is 1. The number of thioether (sulfide) groups is 1. The SMILES string of the molecule is CC(C)c1ccc(CSc2nnc(NC(=O)C(C)(C)CCl)s2)cc1. The van der Waals surface area contributed by atoms with Crippen LogP contribution in [0.15, 0.2) is 28.6 Å². The van der Waals surface area contributed by atoms with Gasteiger partial charge in [0.25, 0.3) is 0 Å². The average Bonchev–Trinajstić information content (AvgIpc) is 3.00. The van der Waals surface area contributed by atoms with E-state index < -0.39 is 5.41 Å². The molecule has 7 heteroatoms. The highest BCUT2D eigenvalue weighted by atomic mass is 35.5. The van der Waals surface area contributed by atoms with Gasteiger partial charge in [0.2, 0.25) is 11.0 Å². The van der Waals surface area contributed by atoms with Gasteiger partial charge in [0, 0.05) is 11.6 Å². The Bertz CT molecular complexity index is 683. The fraction of sp³-hybridized carbons (Fsp3) is 0.471. The number of benzene rings is 1. The molecule has 0 saturated carbocycles. The maximum Gasteiger partial charge on any atom is 0.233 e. The Morgan fingerprint density at radius 3 is 2.54 bits per heavy atom. The van der Waals surface area contributed by atoms with Gasteiger partial charge in [-0.05, 0) is 30.9 Å². The predicted molar refractivity (Wildman–Crippen MR) is 103 cm³/mol. The first kappa shape index (κ1) is 19.2. The van der Waals surface area contributed by atoms with Crippen LogP contribution in [0.25, 0.3) is 0 Å². The normalized spacial score (nSPS) is 11.8. The Morgan fingerprint density at radius 1 is 1.29 bits per heavy atom. The summed E-state index contributed by atoms with van der Waals surface area (Å²) in [5, 5.41) is 11.4. The first-order valence-electron chi connectivity index (χ1n) is 7.74. The van der Waals surface area contributed by atoms with Crippen molar-refractivity contribution in [2.45, 2.75) is 43.7 Å². The van der Waals surface area contributed by atoms with Crippen LogP contribution in [0.2, 0.25) is 0 Å². The molecule has 4 nitrogen and oxygen atoms in total. The fourth-order valence-electron chi connectivity index (χ4n) is 1.79. The Hall–Kier alpha value is -1.11. The van der Waals surface area contributed by atoms with Crippen LogP contribution in [0.3, 0.4) is 0 Å². The second-order valence-electron chi connectivity index (χ2n) is 6.53. The zero-order valence-corrected chi connectivity index (χ0v) is 16.7. The third kappa shape index (κ3) is 5.19. The van der Waals surface area contributed by atoms with E-state index in [1.165, 1.54) is 22.5 Å². The summed E-state index contributed by atoms with van der Waals surface area (Å²) in [6.07, 6.45) is 0. The van der Waals surface area contributed by atoms with Crippen molar-refractivity contribution in [1.29, 1.82) is 0 Å². The summed E-state index contributed by atoms with van der Waals surface area (Å²) in [4.78, 5) is 12.1. The van der Waals surface area contributed by atoms with Crippen LogP contribution in [0.4, 0.5) is 5.13 Å². The molecule has 2 aromatic rings. The summed E-state index contributed by atoms with van der Waals surface area (Å²) < 4.78 is 0.835. The molecule has 1 amide bonds. The van der Waals surface area contributed by atoms with E-state index in [1.54, 1.807) is 25.6 Å². The average molecular weight is 384 g/mol. The lowest BCUT2D eigenvalue weighted by Gasteiger charge is -2.18. The number of carbonyl (C=O) groups is 1. The molecule has 0 aliphatic carbocycles. The van der Waals surface area contributed by atoms with Gasteiger partial charge in [0.05, 0.1) is 5.41 Å². The molecule has 0 bridgehead atoms. The predicted octanol–water partition coefficient (Wildman–Crippen LogP) is 5.16. The van der Waals surface area contributed by atoms with E-state index in [0.29, 0.717) is 11.0 Å². The number of amides is 1. The van der Waals surface area contributed by atoms with Crippen molar-refractivity contribution in [3.05, 3.63) is 35.4 Å². The van der Waals surface area contributed by atoms with Gasteiger partial charge < -0.3 is 0 Å². The summed E-state index contributed by atoms with van der Waals surface area (Å²) in [6, 6.07) is 8.63. The summed E-state index contributed by atoms with van der Waals surface area (Å²) in [7, 11) is 0. The van der Waals surface area contributed by atoms with Gasteiger partial charge in [0.15, 0.2) is 4.34 Å². The van der Waals surface area contributed by atoms with Gasteiger partial charge in [-0.25, -0.2) is 0 Å². The van der Waals surface area contributed by atoms with Gasteiger partial charge in [-0.3, -0.25) is 10.1 Å². The molecule has 1 heterocycles. The minimum Gasteiger partial charge on any atom is -0.300 e. The lowest BCUT2D eigenvalue weighted by atomic mass is 9.95. The Morgan fingerprint density at radius 2 is 1.96 bits per heavy atom. The van der Waals surface area contributed by atoms with Crippen molar-refractivity contribution < 1.29 is 4.79 Å². The van der Waals surface area contributed by atoms with E-state index in [9.17, 15) is 4.79 Å². The summed E-state index contributed by atoms with van der Waals surface area (Å²) in [5.41, 5.74) is 1.96. The van der Waals surface area contributed by atoms with Crippen LogP contribution >= 0.6 is 34.7 Å². The Kier molecular flexibility index (Phi) is 6.66. The van der Waals surface area contributed by atoms with Crippen LogP contribution < -0.4 is 5.32 Å². The number of hydrogen-bond donors (Lipinski definition) is 1. The maximum atomic E-state index is 12.1. The molecule has 0 aliphatic heterocycles. The van der Waals surface area contributed by atoms with E-state index in [-0.39, 0.29) is 11.8 Å². The van der Waals surface area contributed by atoms with E-state index in [4.69, 9.17) is 11.6 Å². The molecule has 0 aliphatic rings. The lowest BCUT2D eigenvalue weighted by Crippen LogP contribution is -2.32. The number of hydrogen-bond acceptors (Lipinski definition) is 5. The van der Waals surface area contributed by atoms with Crippen molar-refractivity contribution in [2.75, 3.05) is 11.2 Å². The molecule has 2 rings (SSSR count). The molecule has 0 spiro atoms. The molecule has 0 atom stereocenters. The molecular weight excluding hydrogens is 362 g/mol. The first-order chi connectivity index (χ1) is 11.3. The Balaban J connectivity index is 1.91. The van der Waals surface area contributed by atoms with Gasteiger partial charge in [-0.1, -0.05) is 61.2 Å². The number of alkyl halides is 1. The standard InChI is InChI=1S/C17H22ClN3OS2/c1-11(2)13-7-5-12(6-8-13)9-23-16-21-20-15(24-16)19-14(22)17(3,4)10-18/h5-8,11H,9-10H2,1-4H3,(H,19,20,22). The van der Waals surface area contributed by atoms with Gasteiger partial charge in [0.1, 0.15) is 0 Å². The highest BCUT2D eigenvalue weighted by Crippen LogP contribution is 2.30. The fourth-order valence-corrected chi connectivity index (χ4v) is 3.61. The highest BCUT2D eigenvalue weighted by molar-refractivity contribution is 8.00. The number of rotatable bonds is 7. The zero-order chi connectivity index (χ0) is 17.7. The van der Waals surface area contributed by atoms with Crippen molar-refractivity contribution in [1.82, 2.24) is 10.2 Å². The first-order valence-corrected chi connectivity index (χ1v) is 10.1. The number of nitrogens with zero attached hydrogens (tertiary/aromatic N) is 2.